The highest BCUT2D eigenvalue weighted by molar-refractivity contribution is 5.92. The Bertz CT molecular complexity index is 394. The summed E-state index contributed by atoms with van der Waals surface area (Å²) in [4.78, 5) is 14.0. The van der Waals surface area contributed by atoms with Crippen LogP contribution in [-0.4, -0.2) is 19.5 Å². The van der Waals surface area contributed by atoms with Crippen molar-refractivity contribution < 1.29 is 4.79 Å². The Morgan fingerprint density at radius 3 is 2.40 bits per heavy atom. The third-order valence-corrected chi connectivity index (χ3v) is 3.83. The number of anilines is 1. The summed E-state index contributed by atoms with van der Waals surface area (Å²) in [6.07, 6.45) is 4.90. The minimum Gasteiger partial charge on any atom is -0.330 e. The van der Waals surface area contributed by atoms with Gasteiger partial charge in [-0.25, -0.2) is 0 Å². The van der Waals surface area contributed by atoms with E-state index in [0.29, 0.717) is 18.9 Å². The number of carbonyl (C=O) groups is 1. The first-order chi connectivity index (χ1) is 9.58. The SMILES string of the molecule is CCCC(CCN)CCC(=O)N(C)c1ccc(C)cc1. The molecule has 2 N–H and O–H groups in total. The van der Waals surface area contributed by atoms with Crippen molar-refractivity contribution in [2.75, 3.05) is 18.5 Å². The number of nitrogens with zero attached hydrogens (tertiary/aromatic N) is 1. The Morgan fingerprint density at radius 1 is 1.20 bits per heavy atom. The molecule has 0 saturated carbocycles. The number of amides is 1. The zero-order valence-electron chi connectivity index (χ0n) is 13.1. The lowest BCUT2D eigenvalue weighted by Gasteiger charge is -2.20. The normalized spacial score (nSPS) is 12.2. The summed E-state index contributed by atoms with van der Waals surface area (Å²) in [7, 11) is 1.85. The lowest BCUT2D eigenvalue weighted by molar-refractivity contribution is -0.118. The van der Waals surface area contributed by atoms with E-state index in [0.717, 1.165) is 24.9 Å². The smallest absolute Gasteiger partial charge is 0.226 e. The van der Waals surface area contributed by atoms with Crippen molar-refractivity contribution in [3.63, 3.8) is 0 Å². The van der Waals surface area contributed by atoms with E-state index in [4.69, 9.17) is 5.73 Å². The van der Waals surface area contributed by atoms with Gasteiger partial charge < -0.3 is 10.6 Å². The lowest BCUT2D eigenvalue weighted by atomic mass is 9.94. The second-order valence-electron chi connectivity index (χ2n) is 5.56. The first kappa shape index (κ1) is 16.7. The molecule has 0 spiro atoms. The van der Waals surface area contributed by atoms with Gasteiger partial charge in [-0.2, -0.15) is 0 Å². The third-order valence-electron chi connectivity index (χ3n) is 3.83. The Hall–Kier alpha value is -1.35. The van der Waals surface area contributed by atoms with Crippen LogP contribution in [0.2, 0.25) is 0 Å². The van der Waals surface area contributed by atoms with Gasteiger partial charge in [-0.3, -0.25) is 4.79 Å². The molecule has 20 heavy (non-hydrogen) atoms. The molecule has 0 aliphatic rings. The molecule has 0 aromatic heterocycles. The topological polar surface area (TPSA) is 46.3 Å². The number of hydrogen-bond acceptors (Lipinski definition) is 2. The van der Waals surface area contributed by atoms with E-state index < -0.39 is 0 Å². The summed E-state index contributed by atoms with van der Waals surface area (Å²) in [6.45, 7) is 4.95. The molecular weight excluding hydrogens is 248 g/mol. The van der Waals surface area contributed by atoms with Crippen LogP contribution in [0.3, 0.4) is 0 Å². The van der Waals surface area contributed by atoms with Crippen LogP contribution in [0.25, 0.3) is 0 Å². The average Bonchev–Trinajstić information content (AvgIpc) is 2.45. The minimum absolute atomic E-state index is 0.187. The molecule has 0 bridgehead atoms. The second kappa shape index (κ2) is 8.75. The zero-order chi connectivity index (χ0) is 15.0. The van der Waals surface area contributed by atoms with Crippen LogP contribution in [0, 0.1) is 12.8 Å². The van der Waals surface area contributed by atoms with Crippen LogP contribution < -0.4 is 10.6 Å². The summed E-state index contributed by atoms with van der Waals surface area (Å²) in [5, 5.41) is 0. The van der Waals surface area contributed by atoms with Gasteiger partial charge in [0.1, 0.15) is 0 Å². The van der Waals surface area contributed by atoms with Gasteiger partial charge in [0.05, 0.1) is 0 Å². The number of nitrogens with two attached hydrogens (primary N) is 1. The molecule has 1 amide bonds. The van der Waals surface area contributed by atoms with Crippen LogP contribution in [0.1, 0.15) is 44.6 Å². The standard InChI is InChI=1S/C17H28N2O/c1-4-5-15(12-13-18)8-11-17(20)19(3)16-9-6-14(2)7-10-16/h6-7,9-10,15H,4-5,8,11-13,18H2,1-3H3. The highest BCUT2D eigenvalue weighted by Gasteiger charge is 2.14. The fourth-order valence-electron chi connectivity index (χ4n) is 2.48. The molecule has 1 unspecified atom stereocenters. The molecule has 0 aliphatic heterocycles. The van der Waals surface area contributed by atoms with Gasteiger partial charge in [0.25, 0.3) is 0 Å². The monoisotopic (exact) mass is 276 g/mol. The molecular formula is C17H28N2O. The maximum atomic E-state index is 12.2. The van der Waals surface area contributed by atoms with Crippen LogP contribution in [0.15, 0.2) is 24.3 Å². The number of aryl methyl sites for hydroxylation is 1. The molecule has 0 aliphatic carbocycles. The molecule has 0 fully saturated rings. The predicted octanol–water partition coefficient (Wildman–Crippen LogP) is 3.50. The maximum Gasteiger partial charge on any atom is 0.226 e. The quantitative estimate of drug-likeness (QED) is 0.790. The van der Waals surface area contributed by atoms with E-state index in [1.54, 1.807) is 4.90 Å². The minimum atomic E-state index is 0.187. The van der Waals surface area contributed by atoms with Gasteiger partial charge in [-0.1, -0.05) is 37.5 Å². The van der Waals surface area contributed by atoms with Gasteiger partial charge in [-0.15, -0.1) is 0 Å². The van der Waals surface area contributed by atoms with E-state index in [1.165, 1.54) is 12.0 Å². The Labute approximate surface area is 123 Å². The fourth-order valence-corrected chi connectivity index (χ4v) is 2.48. The fraction of sp³-hybridized carbons (Fsp3) is 0.588. The average molecular weight is 276 g/mol. The van der Waals surface area contributed by atoms with Crippen molar-refractivity contribution in [1.82, 2.24) is 0 Å². The summed E-state index contributed by atoms with van der Waals surface area (Å²) < 4.78 is 0. The summed E-state index contributed by atoms with van der Waals surface area (Å²) in [5.41, 5.74) is 7.81. The van der Waals surface area contributed by atoms with Crippen LogP contribution in [0.4, 0.5) is 5.69 Å². The van der Waals surface area contributed by atoms with E-state index in [9.17, 15) is 4.79 Å². The Kier molecular flexibility index (Phi) is 7.31. The molecule has 0 heterocycles. The molecule has 1 rings (SSSR count). The van der Waals surface area contributed by atoms with Crippen molar-refractivity contribution in [3.8, 4) is 0 Å². The lowest BCUT2D eigenvalue weighted by Crippen LogP contribution is -2.26. The second-order valence-corrected chi connectivity index (χ2v) is 5.56. The summed E-state index contributed by atoms with van der Waals surface area (Å²) in [6, 6.07) is 8.06. The summed E-state index contributed by atoms with van der Waals surface area (Å²) in [5.74, 6) is 0.771. The van der Waals surface area contributed by atoms with Gasteiger partial charge in [-0.05, 0) is 44.4 Å². The largest absolute Gasteiger partial charge is 0.330 e. The maximum absolute atomic E-state index is 12.2. The molecule has 0 radical (unpaired) electrons. The van der Waals surface area contributed by atoms with E-state index in [-0.39, 0.29) is 5.91 Å². The highest BCUT2D eigenvalue weighted by atomic mass is 16.2. The Balaban J connectivity index is 2.50. The number of rotatable bonds is 8. The third kappa shape index (κ3) is 5.33. The first-order valence-electron chi connectivity index (χ1n) is 7.61. The summed E-state index contributed by atoms with van der Waals surface area (Å²) >= 11 is 0. The van der Waals surface area contributed by atoms with E-state index in [1.807, 2.05) is 38.2 Å². The number of carbonyl (C=O) groups excluding carboxylic acids is 1. The van der Waals surface area contributed by atoms with Gasteiger partial charge in [0.15, 0.2) is 0 Å². The van der Waals surface area contributed by atoms with Crippen molar-refractivity contribution >= 4 is 11.6 Å². The molecule has 3 nitrogen and oxygen atoms in total. The highest BCUT2D eigenvalue weighted by Crippen LogP contribution is 2.20. The molecule has 3 heteroatoms. The van der Waals surface area contributed by atoms with Gasteiger partial charge in [0, 0.05) is 19.2 Å². The van der Waals surface area contributed by atoms with Crippen molar-refractivity contribution in [2.24, 2.45) is 11.7 Å². The van der Waals surface area contributed by atoms with Crippen LogP contribution >= 0.6 is 0 Å². The van der Waals surface area contributed by atoms with Crippen molar-refractivity contribution in [1.29, 1.82) is 0 Å². The predicted molar refractivity (Wildman–Crippen MR) is 85.9 cm³/mol. The molecule has 1 aromatic rings. The zero-order valence-corrected chi connectivity index (χ0v) is 13.1. The van der Waals surface area contributed by atoms with Gasteiger partial charge >= 0.3 is 0 Å². The van der Waals surface area contributed by atoms with Crippen molar-refractivity contribution in [2.45, 2.75) is 46.0 Å². The van der Waals surface area contributed by atoms with Crippen LogP contribution in [-0.2, 0) is 4.79 Å². The van der Waals surface area contributed by atoms with E-state index in [2.05, 4.69) is 6.92 Å². The number of benzene rings is 1. The first-order valence-corrected chi connectivity index (χ1v) is 7.61. The number of hydrogen-bond donors (Lipinski definition) is 1. The van der Waals surface area contributed by atoms with E-state index >= 15 is 0 Å². The van der Waals surface area contributed by atoms with Gasteiger partial charge in [0.2, 0.25) is 5.91 Å². The Morgan fingerprint density at radius 2 is 1.85 bits per heavy atom. The van der Waals surface area contributed by atoms with Crippen molar-refractivity contribution in [3.05, 3.63) is 29.8 Å². The molecule has 112 valence electrons. The van der Waals surface area contributed by atoms with Crippen LogP contribution in [0.5, 0.6) is 0 Å². The molecule has 1 aromatic carbocycles. The molecule has 0 saturated heterocycles. The molecule has 1 atom stereocenters.